The zero-order valence-electron chi connectivity index (χ0n) is 11.3. The maximum atomic E-state index is 3.58. The molecule has 0 aliphatic heterocycles. The fourth-order valence-electron chi connectivity index (χ4n) is 2.06. The molecule has 2 heteroatoms. The average molecular weight is 214 g/mol. The monoisotopic (exact) mass is 214 g/mol. The Balaban J connectivity index is 3.46. The largest absolute Gasteiger partial charge is 0.320 e. The van der Waals surface area contributed by atoms with Crippen molar-refractivity contribution in [1.82, 2.24) is 10.6 Å². The van der Waals surface area contributed by atoms with Gasteiger partial charge in [-0.15, -0.1) is 0 Å². The van der Waals surface area contributed by atoms with Crippen molar-refractivity contribution < 1.29 is 0 Å². The summed E-state index contributed by atoms with van der Waals surface area (Å²) in [5, 5.41) is 6.76. The Hall–Kier alpha value is -0.0800. The van der Waals surface area contributed by atoms with Gasteiger partial charge in [-0.1, -0.05) is 27.7 Å². The smallest absolute Gasteiger partial charge is 0.00156 e. The van der Waals surface area contributed by atoms with Gasteiger partial charge >= 0.3 is 0 Å². The van der Waals surface area contributed by atoms with Gasteiger partial charge in [0.05, 0.1) is 0 Å². The Morgan fingerprint density at radius 3 is 1.87 bits per heavy atom. The zero-order valence-corrected chi connectivity index (χ0v) is 11.3. The lowest BCUT2D eigenvalue weighted by molar-refractivity contribution is 0.276. The Morgan fingerprint density at radius 1 is 0.867 bits per heavy atom. The quantitative estimate of drug-likeness (QED) is 0.576. The van der Waals surface area contributed by atoms with Crippen LogP contribution in [0.5, 0.6) is 0 Å². The topological polar surface area (TPSA) is 24.1 Å². The standard InChI is InChI=1S/C13H30N2/c1-11(2)13(12(3)4)10-15-9-7-6-8-14-5/h11-15H,6-10H2,1-5H3. The van der Waals surface area contributed by atoms with E-state index in [4.69, 9.17) is 0 Å². The van der Waals surface area contributed by atoms with Crippen LogP contribution in [0.1, 0.15) is 40.5 Å². The number of hydrogen-bond donors (Lipinski definition) is 2. The first-order chi connectivity index (χ1) is 7.09. The first-order valence-electron chi connectivity index (χ1n) is 6.44. The van der Waals surface area contributed by atoms with Gasteiger partial charge in [-0.3, -0.25) is 0 Å². The van der Waals surface area contributed by atoms with E-state index in [1.807, 2.05) is 7.05 Å². The first kappa shape index (κ1) is 14.9. The minimum absolute atomic E-state index is 0.787. The van der Waals surface area contributed by atoms with Crippen molar-refractivity contribution in [1.29, 1.82) is 0 Å². The van der Waals surface area contributed by atoms with Gasteiger partial charge in [0.25, 0.3) is 0 Å². The molecule has 0 aliphatic rings. The normalized spacial score (nSPS) is 12.0. The highest BCUT2D eigenvalue weighted by Gasteiger charge is 2.16. The van der Waals surface area contributed by atoms with E-state index in [1.165, 1.54) is 19.4 Å². The second-order valence-electron chi connectivity index (χ2n) is 5.17. The lowest BCUT2D eigenvalue weighted by Crippen LogP contribution is -2.30. The van der Waals surface area contributed by atoms with Crippen molar-refractivity contribution in [3.63, 3.8) is 0 Å². The summed E-state index contributed by atoms with van der Waals surface area (Å²) in [6.45, 7) is 12.8. The van der Waals surface area contributed by atoms with Crippen LogP contribution in [0.3, 0.4) is 0 Å². The van der Waals surface area contributed by atoms with Gasteiger partial charge in [-0.2, -0.15) is 0 Å². The summed E-state index contributed by atoms with van der Waals surface area (Å²) in [7, 11) is 2.01. The molecule has 0 aliphatic carbocycles. The molecule has 0 saturated heterocycles. The van der Waals surface area contributed by atoms with Crippen molar-refractivity contribution in [3.8, 4) is 0 Å². The third-order valence-corrected chi connectivity index (χ3v) is 3.12. The minimum atomic E-state index is 0.787. The van der Waals surface area contributed by atoms with E-state index in [9.17, 15) is 0 Å². The van der Waals surface area contributed by atoms with Crippen LogP contribution in [-0.4, -0.2) is 26.7 Å². The second-order valence-corrected chi connectivity index (χ2v) is 5.17. The number of unbranched alkanes of at least 4 members (excludes halogenated alkanes) is 1. The molecule has 15 heavy (non-hydrogen) atoms. The molecule has 0 rings (SSSR count). The van der Waals surface area contributed by atoms with E-state index < -0.39 is 0 Å². The fraction of sp³-hybridized carbons (Fsp3) is 1.00. The van der Waals surface area contributed by atoms with Gasteiger partial charge in [0.15, 0.2) is 0 Å². The zero-order chi connectivity index (χ0) is 11.7. The molecular formula is C13H30N2. The molecule has 0 saturated carbocycles. The summed E-state index contributed by atoms with van der Waals surface area (Å²) in [5.41, 5.74) is 0. The van der Waals surface area contributed by atoms with Gasteiger partial charge in [-0.05, 0) is 57.3 Å². The van der Waals surface area contributed by atoms with Gasteiger partial charge in [0.1, 0.15) is 0 Å². The van der Waals surface area contributed by atoms with Crippen LogP contribution in [0.4, 0.5) is 0 Å². The Labute approximate surface area is 96.2 Å². The summed E-state index contributed by atoms with van der Waals surface area (Å²) in [6, 6.07) is 0. The summed E-state index contributed by atoms with van der Waals surface area (Å²) < 4.78 is 0. The molecular weight excluding hydrogens is 184 g/mol. The Morgan fingerprint density at radius 2 is 1.40 bits per heavy atom. The van der Waals surface area contributed by atoms with Crippen LogP contribution in [0.15, 0.2) is 0 Å². The maximum absolute atomic E-state index is 3.58. The highest BCUT2D eigenvalue weighted by atomic mass is 14.9. The number of nitrogens with one attached hydrogen (secondary N) is 2. The molecule has 0 aromatic heterocycles. The van der Waals surface area contributed by atoms with Gasteiger partial charge in [-0.25, -0.2) is 0 Å². The molecule has 0 bridgehead atoms. The summed E-state index contributed by atoms with van der Waals surface area (Å²) in [4.78, 5) is 0. The van der Waals surface area contributed by atoms with Crippen molar-refractivity contribution in [2.75, 3.05) is 26.7 Å². The van der Waals surface area contributed by atoms with E-state index in [1.54, 1.807) is 0 Å². The van der Waals surface area contributed by atoms with E-state index in [0.29, 0.717) is 0 Å². The minimum Gasteiger partial charge on any atom is -0.320 e. The molecule has 0 aromatic rings. The van der Waals surface area contributed by atoms with Crippen LogP contribution in [0.2, 0.25) is 0 Å². The van der Waals surface area contributed by atoms with Crippen LogP contribution in [0.25, 0.3) is 0 Å². The highest BCUT2D eigenvalue weighted by Crippen LogP contribution is 2.19. The molecule has 0 spiro atoms. The van der Waals surface area contributed by atoms with E-state index in [2.05, 4.69) is 38.3 Å². The van der Waals surface area contributed by atoms with Gasteiger partial charge in [0, 0.05) is 0 Å². The Bertz CT molecular complexity index is 124. The molecule has 0 atom stereocenters. The molecule has 0 fully saturated rings. The van der Waals surface area contributed by atoms with Crippen molar-refractivity contribution >= 4 is 0 Å². The van der Waals surface area contributed by atoms with Gasteiger partial charge < -0.3 is 10.6 Å². The third-order valence-electron chi connectivity index (χ3n) is 3.12. The van der Waals surface area contributed by atoms with Crippen molar-refractivity contribution in [3.05, 3.63) is 0 Å². The maximum Gasteiger partial charge on any atom is -0.00156 e. The predicted molar refractivity (Wildman–Crippen MR) is 69.2 cm³/mol. The highest BCUT2D eigenvalue weighted by molar-refractivity contribution is 4.69. The van der Waals surface area contributed by atoms with E-state index in [0.717, 1.165) is 30.8 Å². The first-order valence-corrected chi connectivity index (χ1v) is 6.44. The number of hydrogen-bond acceptors (Lipinski definition) is 2. The average Bonchev–Trinajstić information content (AvgIpc) is 2.15. The molecule has 0 aromatic carbocycles. The number of rotatable bonds is 9. The fourth-order valence-corrected chi connectivity index (χ4v) is 2.06. The molecule has 2 N–H and O–H groups in total. The van der Waals surface area contributed by atoms with Crippen molar-refractivity contribution in [2.45, 2.75) is 40.5 Å². The molecule has 2 nitrogen and oxygen atoms in total. The lowest BCUT2D eigenvalue weighted by atomic mass is 9.85. The SMILES string of the molecule is CNCCCCNCC(C(C)C)C(C)C. The molecule has 0 unspecified atom stereocenters. The molecule has 0 amide bonds. The second kappa shape index (κ2) is 9.17. The summed E-state index contributed by atoms with van der Waals surface area (Å²) in [5.74, 6) is 2.39. The summed E-state index contributed by atoms with van der Waals surface area (Å²) in [6.07, 6.45) is 2.56. The van der Waals surface area contributed by atoms with E-state index >= 15 is 0 Å². The van der Waals surface area contributed by atoms with Gasteiger partial charge in [0.2, 0.25) is 0 Å². The van der Waals surface area contributed by atoms with Crippen LogP contribution >= 0.6 is 0 Å². The third kappa shape index (κ3) is 7.80. The summed E-state index contributed by atoms with van der Waals surface area (Å²) >= 11 is 0. The van der Waals surface area contributed by atoms with Crippen LogP contribution < -0.4 is 10.6 Å². The van der Waals surface area contributed by atoms with E-state index in [-0.39, 0.29) is 0 Å². The predicted octanol–water partition coefficient (Wildman–Crippen LogP) is 2.50. The van der Waals surface area contributed by atoms with Crippen LogP contribution in [-0.2, 0) is 0 Å². The Kier molecular flexibility index (Phi) is 9.12. The van der Waals surface area contributed by atoms with Crippen molar-refractivity contribution in [2.24, 2.45) is 17.8 Å². The lowest BCUT2D eigenvalue weighted by Gasteiger charge is -2.25. The molecule has 0 radical (unpaired) electrons. The molecule has 92 valence electrons. The van der Waals surface area contributed by atoms with Crippen LogP contribution in [0, 0.1) is 17.8 Å². The molecule has 0 heterocycles.